The Morgan fingerprint density at radius 3 is 2.71 bits per heavy atom. The van der Waals surface area contributed by atoms with Crippen molar-refractivity contribution in [3.63, 3.8) is 0 Å². The van der Waals surface area contributed by atoms with Crippen LogP contribution in [0.2, 0.25) is 0 Å². The molecule has 0 bridgehead atoms. The SMILES string of the molecule is Cc1nccn1-c1ncccc1NCc1ccccc1N. The van der Waals surface area contributed by atoms with Gasteiger partial charge in [0.05, 0.1) is 5.69 Å². The van der Waals surface area contributed by atoms with Crippen LogP contribution in [0.3, 0.4) is 0 Å². The molecular formula is C16H17N5. The summed E-state index contributed by atoms with van der Waals surface area (Å²) in [5.74, 6) is 1.73. The van der Waals surface area contributed by atoms with Crippen LogP contribution in [0, 0.1) is 6.92 Å². The maximum atomic E-state index is 5.97. The zero-order chi connectivity index (χ0) is 14.7. The molecule has 3 rings (SSSR count). The standard InChI is InChI=1S/C16H17N5/c1-12-18-9-10-21(12)16-15(7-4-8-19-16)20-11-13-5-2-3-6-14(13)17/h2-10,20H,11,17H2,1H3. The fourth-order valence-corrected chi connectivity index (χ4v) is 2.21. The van der Waals surface area contributed by atoms with Crippen LogP contribution in [-0.4, -0.2) is 14.5 Å². The lowest BCUT2D eigenvalue weighted by molar-refractivity contribution is 0.929. The van der Waals surface area contributed by atoms with Crippen LogP contribution in [0.25, 0.3) is 5.82 Å². The van der Waals surface area contributed by atoms with Gasteiger partial charge in [-0.05, 0) is 30.7 Å². The van der Waals surface area contributed by atoms with E-state index in [2.05, 4.69) is 15.3 Å². The van der Waals surface area contributed by atoms with Crippen molar-refractivity contribution in [3.05, 3.63) is 66.4 Å². The minimum atomic E-state index is 0.652. The fourth-order valence-electron chi connectivity index (χ4n) is 2.21. The molecule has 0 spiro atoms. The van der Waals surface area contributed by atoms with E-state index in [-0.39, 0.29) is 0 Å². The van der Waals surface area contributed by atoms with Gasteiger partial charge in [-0.1, -0.05) is 18.2 Å². The number of pyridine rings is 1. The molecule has 1 aromatic carbocycles. The number of rotatable bonds is 4. The van der Waals surface area contributed by atoms with E-state index in [0.717, 1.165) is 28.6 Å². The van der Waals surface area contributed by atoms with Gasteiger partial charge >= 0.3 is 0 Å². The first-order valence-electron chi connectivity index (χ1n) is 6.78. The van der Waals surface area contributed by atoms with E-state index >= 15 is 0 Å². The topological polar surface area (TPSA) is 68.8 Å². The Bertz CT molecular complexity index is 748. The molecule has 106 valence electrons. The van der Waals surface area contributed by atoms with Gasteiger partial charge in [0.1, 0.15) is 5.82 Å². The zero-order valence-electron chi connectivity index (χ0n) is 11.8. The van der Waals surface area contributed by atoms with E-state index < -0.39 is 0 Å². The molecule has 0 saturated carbocycles. The molecule has 0 aliphatic carbocycles. The third kappa shape index (κ3) is 2.72. The smallest absolute Gasteiger partial charge is 0.161 e. The number of benzene rings is 1. The lowest BCUT2D eigenvalue weighted by atomic mass is 10.2. The largest absolute Gasteiger partial charge is 0.398 e. The Hall–Kier alpha value is -2.82. The van der Waals surface area contributed by atoms with Gasteiger partial charge in [0.2, 0.25) is 0 Å². The predicted molar refractivity (Wildman–Crippen MR) is 84.3 cm³/mol. The van der Waals surface area contributed by atoms with Crippen LogP contribution in [0.5, 0.6) is 0 Å². The Morgan fingerprint density at radius 2 is 1.95 bits per heavy atom. The second-order valence-electron chi connectivity index (χ2n) is 4.77. The average molecular weight is 279 g/mol. The third-order valence-electron chi connectivity index (χ3n) is 3.36. The molecule has 0 radical (unpaired) electrons. The van der Waals surface area contributed by atoms with Crippen molar-refractivity contribution in [2.45, 2.75) is 13.5 Å². The van der Waals surface area contributed by atoms with Gasteiger partial charge < -0.3 is 11.1 Å². The lowest BCUT2D eigenvalue weighted by Crippen LogP contribution is -2.08. The maximum absolute atomic E-state index is 5.97. The van der Waals surface area contributed by atoms with Gasteiger partial charge in [0.15, 0.2) is 5.82 Å². The van der Waals surface area contributed by atoms with Gasteiger partial charge in [-0.15, -0.1) is 0 Å². The van der Waals surface area contributed by atoms with Crippen molar-refractivity contribution in [2.75, 3.05) is 11.1 Å². The van der Waals surface area contributed by atoms with Crippen LogP contribution in [0.4, 0.5) is 11.4 Å². The summed E-state index contributed by atoms with van der Waals surface area (Å²) in [6.07, 6.45) is 5.44. The summed E-state index contributed by atoms with van der Waals surface area (Å²) in [6.45, 7) is 2.60. The van der Waals surface area contributed by atoms with Crippen molar-refractivity contribution >= 4 is 11.4 Å². The summed E-state index contributed by atoms with van der Waals surface area (Å²) < 4.78 is 1.96. The van der Waals surface area contributed by atoms with Crippen LogP contribution in [-0.2, 0) is 6.54 Å². The number of nitrogens with one attached hydrogen (secondary N) is 1. The second kappa shape index (κ2) is 5.66. The van der Waals surface area contributed by atoms with E-state index in [0.29, 0.717) is 6.54 Å². The van der Waals surface area contributed by atoms with Crippen LogP contribution < -0.4 is 11.1 Å². The number of nitrogens with two attached hydrogens (primary N) is 1. The summed E-state index contributed by atoms with van der Waals surface area (Å²) in [4.78, 5) is 8.69. The minimum absolute atomic E-state index is 0.652. The number of nitrogens with zero attached hydrogens (tertiary/aromatic N) is 3. The second-order valence-corrected chi connectivity index (χ2v) is 4.77. The molecule has 0 unspecified atom stereocenters. The van der Waals surface area contributed by atoms with Gasteiger partial charge in [0.25, 0.3) is 0 Å². The van der Waals surface area contributed by atoms with E-state index in [4.69, 9.17) is 5.73 Å². The van der Waals surface area contributed by atoms with E-state index in [1.54, 1.807) is 12.4 Å². The number of anilines is 2. The first-order chi connectivity index (χ1) is 10.3. The van der Waals surface area contributed by atoms with Crippen LogP contribution in [0.1, 0.15) is 11.4 Å². The van der Waals surface area contributed by atoms with Gasteiger partial charge in [-0.2, -0.15) is 0 Å². The monoisotopic (exact) mass is 279 g/mol. The van der Waals surface area contributed by atoms with Crippen LogP contribution >= 0.6 is 0 Å². The summed E-state index contributed by atoms with van der Waals surface area (Å²) in [7, 11) is 0. The number of hydrogen-bond acceptors (Lipinski definition) is 4. The summed E-state index contributed by atoms with van der Waals surface area (Å²) in [5, 5.41) is 3.39. The number of para-hydroxylation sites is 1. The molecule has 2 heterocycles. The lowest BCUT2D eigenvalue weighted by Gasteiger charge is -2.13. The van der Waals surface area contributed by atoms with E-state index in [1.165, 1.54) is 0 Å². The predicted octanol–water partition coefficient (Wildman–Crippen LogP) is 2.77. The van der Waals surface area contributed by atoms with E-state index in [1.807, 2.05) is 54.1 Å². The van der Waals surface area contributed by atoms with Crippen molar-refractivity contribution in [2.24, 2.45) is 0 Å². The molecule has 0 saturated heterocycles. The molecule has 3 N–H and O–H groups in total. The molecule has 5 nitrogen and oxygen atoms in total. The molecule has 21 heavy (non-hydrogen) atoms. The summed E-state index contributed by atoms with van der Waals surface area (Å²) >= 11 is 0. The normalized spacial score (nSPS) is 10.5. The summed E-state index contributed by atoms with van der Waals surface area (Å²) in [6, 6.07) is 11.7. The highest BCUT2D eigenvalue weighted by Crippen LogP contribution is 2.20. The molecule has 0 aliphatic rings. The number of aromatic nitrogens is 3. The van der Waals surface area contributed by atoms with E-state index in [9.17, 15) is 0 Å². The van der Waals surface area contributed by atoms with Crippen LogP contribution in [0.15, 0.2) is 55.0 Å². The zero-order valence-corrected chi connectivity index (χ0v) is 11.8. The van der Waals surface area contributed by atoms with Gasteiger partial charge in [0, 0.05) is 30.8 Å². The first-order valence-corrected chi connectivity index (χ1v) is 6.78. The van der Waals surface area contributed by atoms with Crippen molar-refractivity contribution in [3.8, 4) is 5.82 Å². The number of imidazole rings is 1. The Balaban J connectivity index is 1.87. The van der Waals surface area contributed by atoms with Crippen molar-refractivity contribution in [1.29, 1.82) is 0 Å². The number of nitrogen functional groups attached to an aromatic ring is 1. The molecule has 0 fully saturated rings. The van der Waals surface area contributed by atoms with Crippen molar-refractivity contribution in [1.82, 2.24) is 14.5 Å². The fraction of sp³-hybridized carbons (Fsp3) is 0.125. The summed E-state index contributed by atoms with van der Waals surface area (Å²) in [5.41, 5.74) is 8.77. The molecule has 0 amide bonds. The van der Waals surface area contributed by atoms with Gasteiger partial charge in [-0.25, -0.2) is 9.97 Å². The highest BCUT2D eigenvalue weighted by atomic mass is 15.1. The molecule has 5 heteroatoms. The third-order valence-corrected chi connectivity index (χ3v) is 3.36. The molecule has 0 aliphatic heterocycles. The van der Waals surface area contributed by atoms with Gasteiger partial charge in [-0.3, -0.25) is 4.57 Å². The molecule has 0 atom stereocenters. The quantitative estimate of drug-likeness (QED) is 0.721. The molecular weight excluding hydrogens is 262 g/mol. The Labute approximate surface area is 123 Å². The Kier molecular flexibility index (Phi) is 3.55. The molecule has 3 aromatic rings. The minimum Gasteiger partial charge on any atom is -0.398 e. The highest BCUT2D eigenvalue weighted by molar-refractivity contribution is 5.58. The van der Waals surface area contributed by atoms with Crippen molar-refractivity contribution < 1.29 is 0 Å². The molecule has 2 aromatic heterocycles. The average Bonchev–Trinajstić information content (AvgIpc) is 2.93. The first kappa shape index (κ1) is 13.2. The maximum Gasteiger partial charge on any atom is 0.161 e. The number of hydrogen-bond donors (Lipinski definition) is 2. The Morgan fingerprint density at radius 1 is 1.10 bits per heavy atom. The highest BCUT2D eigenvalue weighted by Gasteiger charge is 2.08. The number of aryl methyl sites for hydroxylation is 1.